The summed E-state index contributed by atoms with van der Waals surface area (Å²) in [6.45, 7) is 13.7. The largest absolute Gasteiger partial charge is 0.287 e. The first-order valence-electron chi connectivity index (χ1n) is 5.43. The standard InChI is InChI=1S/C11H23BrOSi/c1-8(2)14(9(3)4,10(5)6)7-11(12)13/h8-10H,7H2,1-6H3. The molecule has 0 amide bonds. The van der Waals surface area contributed by atoms with Crippen molar-refractivity contribution in [2.45, 2.75) is 64.2 Å². The molecular weight excluding hydrogens is 256 g/mol. The lowest BCUT2D eigenvalue weighted by Crippen LogP contribution is -2.45. The van der Waals surface area contributed by atoms with E-state index in [1.54, 1.807) is 0 Å². The van der Waals surface area contributed by atoms with Gasteiger partial charge in [0.05, 0.1) is 8.07 Å². The summed E-state index contributed by atoms with van der Waals surface area (Å²) in [5.41, 5.74) is 2.01. The monoisotopic (exact) mass is 278 g/mol. The van der Waals surface area contributed by atoms with Crippen LogP contribution in [-0.2, 0) is 4.79 Å². The van der Waals surface area contributed by atoms with Crippen LogP contribution in [0.4, 0.5) is 0 Å². The second kappa shape index (κ2) is 5.45. The zero-order valence-corrected chi connectivity index (χ0v) is 12.8. The fraction of sp³-hybridized carbons (Fsp3) is 0.909. The van der Waals surface area contributed by atoms with E-state index < -0.39 is 8.07 Å². The molecule has 14 heavy (non-hydrogen) atoms. The molecule has 0 aromatic carbocycles. The predicted molar refractivity (Wildman–Crippen MR) is 69.8 cm³/mol. The molecule has 0 aliphatic carbocycles. The molecule has 1 nitrogen and oxygen atoms in total. The third kappa shape index (κ3) is 2.93. The Kier molecular flexibility index (Phi) is 5.59. The molecule has 0 aromatic rings. The van der Waals surface area contributed by atoms with Gasteiger partial charge in [0.15, 0.2) is 4.69 Å². The number of hydrogen-bond donors (Lipinski definition) is 0. The molecule has 0 saturated heterocycles. The summed E-state index contributed by atoms with van der Waals surface area (Å²) in [6, 6.07) is 0.778. The Labute approximate surface area is 97.8 Å². The molecule has 3 heteroatoms. The lowest BCUT2D eigenvalue weighted by molar-refractivity contribution is -0.108. The molecule has 0 N–H and O–H groups in total. The van der Waals surface area contributed by atoms with Crippen molar-refractivity contribution in [3.63, 3.8) is 0 Å². The molecule has 0 aliphatic heterocycles. The van der Waals surface area contributed by atoms with Crippen LogP contribution in [0.1, 0.15) is 41.5 Å². The Morgan fingerprint density at radius 2 is 1.29 bits per heavy atom. The van der Waals surface area contributed by atoms with Gasteiger partial charge in [0.2, 0.25) is 0 Å². The second-order valence-electron chi connectivity index (χ2n) is 5.11. The van der Waals surface area contributed by atoms with Crippen molar-refractivity contribution in [1.29, 1.82) is 0 Å². The van der Waals surface area contributed by atoms with Crippen LogP contribution in [0.5, 0.6) is 0 Å². The molecule has 0 spiro atoms. The average Bonchev–Trinajstić information content (AvgIpc) is 1.97. The van der Waals surface area contributed by atoms with Gasteiger partial charge in [-0.1, -0.05) is 58.2 Å². The van der Waals surface area contributed by atoms with Crippen LogP contribution >= 0.6 is 15.9 Å². The van der Waals surface area contributed by atoms with E-state index in [9.17, 15) is 4.79 Å². The summed E-state index contributed by atoms with van der Waals surface area (Å²) in [4.78, 5) is 11.3. The lowest BCUT2D eigenvalue weighted by atomic mass is 10.5. The summed E-state index contributed by atoms with van der Waals surface area (Å²) < 4.78 is 0.195. The van der Waals surface area contributed by atoms with E-state index in [0.717, 1.165) is 6.04 Å². The van der Waals surface area contributed by atoms with Gasteiger partial charge in [-0.05, 0) is 15.9 Å². The van der Waals surface area contributed by atoms with Gasteiger partial charge in [-0.2, -0.15) is 0 Å². The third-order valence-corrected chi connectivity index (χ3v) is 11.9. The van der Waals surface area contributed by atoms with Gasteiger partial charge in [-0.25, -0.2) is 0 Å². The molecule has 0 radical (unpaired) electrons. The van der Waals surface area contributed by atoms with E-state index in [-0.39, 0.29) is 4.69 Å². The molecule has 0 atom stereocenters. The molecule has 0 rings (SSSR count). The fourth-order valence-electron chi connectivity index (χ4n) is 2.85. The Morgan fingerprint density at radius 3 is 1.36 bits per heavy atom. The average molecular weight is 279 g/mol. The molecule has 0 fully saturated rings. The molecule has 0 aliphatic rings. The normalized spacial score (nSPS) is 13.0. The van der Waals surface area contributed by atoms with Gasteiger partial charge in [0.1, 0.15) is 0 Å². The van der Waals surface area contributed by atoms with Crippen molar-refractivity contribution in [2.75, 3.05) is 0 Å². The molecular formula is C11H23BrOSi. The van der Waals surface area contributed by atoms with E-state index in [1.165, 1.54) is 0 Å². The Balaban J connectivity index is 5.05. The minimum Gasteiger partial charge on any atom is -0.287 e. The topological polar surface area (TPSA) is 17.1 Å². The van der Waals surface area contributed by atoms with E-state index >= 15 is 0 Å². The van der Waals surface area contributed by atoms with Gasteiger partial charge in [-0.15, -0.1) is 0 Å². The highest BCUT2D eigenvalue weighted by atomic mass is 79.9. The van der Waals surface area contributed by atoms with E-state index in [4.69, 9.17) is 0 Å². The highest BCUT2D eigenvalue weighted by molar-refractivity contribution is 9.18. The van der Waals surface area contributed by atoms with Gasteiger partial charge < -0.3 is 0 Å². The number of rotatable bonds is 5. The summed E-state index contributed by atoms with van der Waals surface area (Å²) in [5, 5.41) is 0. The molecule has 0 heterocycles. The maximum absolute atomic E-state index is 11.3. The van der Waals surface area contributed by atoms with E-state index in [0.29, 0.717) is 16.6 Å². The minimum absolute atomic E-state index is 0.195. The quantitative estimate of drug-likeness (QED) is 0.531. The van der Waals surface area contributed by atoms with Crippen LogP contribution in [0.3, 0.4) is 0 Å². The van der Waals surface area contributed by atoms with Crippen molar-refractivity contribution < 1.29 is 4.79 Å². The summed E-state index contributed by atoms with van der Waals surface area (Å²) >= 11 is 3.11. The first-order valence-corrected chi connectivity index (χ1v) is 8.66. The van der Waals surface area contributed by atoms with Crippen molar-refractivity contribution in [1.82, 2.24) is 0 Å². The molecule has 0 aromatic heterocycles. The smallest absolute Gasteiger partial charge is 0.195 e. The molecule has 0 bridgehead atoms. The fourth-order valence-corrected chi connectivity index (χ4v) is 10.0. The summed E-state index contributed by atoms with van der Waals surface area (Å²) in [7, 11) is -1.49. The van der Waals surface area contributed by atoms with Crippen LogP contribution in [0.2, 0.25) is 22.7 Å². The van der Waals surface area contributed by atoms with Gasteiger partial charge in [0.25, 0.3) is 0 Å². The van der Waals surface area contributed by atoms with Crippen LogP contribution in [0, 0.1) is 0 Å². The van der Waals surface area contributed by atoms with Gasteiger partial charge >= 0.3 is 0 Å². The van der Waals surface area contributed by atoms with E-state index in [2.05, 4.69) is 57.5 Å². The van der Waals surface area contributed by atoms with Crippen molar-refractivity contribution in [3.8, 4) is 0 Å². The Morgan fingerprint density at radius 1 is 1.00 bits per heavy atom. The maximum atomic E-state index is 11.3. The van der Waals surface area contributed by atoms with Crippen molar-refractivity contribution in [2.24, 2.45) is 0 Å². The number of carbonyl (C=O) groups is 1. The predicted octanol–water partition coefficient (Wildman–Crippen LogP) is 4.59. The van der Waals surface area contributed by atoms with Crippen LogP contribution in [0.25, 0.3) is 0 Å². The Bertz CT molecular complexity index is 178. The lowest BCUT2D eigenvalue weighted by Gasteiger charge is -2.42. The highest BCUT2D eigenvalue weighted by Crippen LogP contribution is 2.44. The number of halogens is 1. The number of hydrogen-bond acceptors (Lipinski definition) is 1. The Hall–Kier alpha value is 0.367. The number of carbonyl (C=O) groups excluding carboxylic acids is 1. The van der Waals surface area contributed by atoms with Crippen molar-refractivity contribution in [3.05, 3.63) is 0 Å². The molecule has 0 saturated carbocycles. The third-order valence-electron chi connectivity index (χ3n) is 3.67. The zero-order valence-electron chi connectivity index (χ0n) is 10.2. The van der Waals surface area contributed by atoms with Crippen LogP contribution < -0.4 is 0 Å². The summed E-state index contributed by atoms with van der Waals surface area (Å²) in [6.07, 6.45) is 0. The summed E-state index contributed by atoms with van der Waals surface area (Å²) in [5.74, 6) is 0. The first-order chi connectivity index (χ1) is 6.25. The first kappa shape index (κ1) is 14.4. The minimum atomic E-state index is -1.49. The van der Waals surface area contributed by atoms with Gasteiger partial charge in [0, 0.05) is 6.04 Å². The molecule has 84 valence electrons. The highest BCUT2D eigenvalue weighted by Gasteiger charge is 2.43. The SMILES string of the molecule is CC(C)[Si](CC(=O)Br)(C(C)C)C(C)C. The van der Waals surface area contributed by atoms with Crippen LogP contribution in [-0.4, -0.2) is 12.8 Å². The van der Waals surface area contributed by atoms with Gasteiger partial charge in [-0.3, -0.25) is 4.79 Å². The van der Waals surface area contributed by atoms with Crippen molar-refractivity contribution >= 4 is 28.7 Å². The maximum Gasteiger partial charge on any atom is 0.195 e. The second-order valence-corrected chi connectivity index (χ2v) is 12.0. The molecule has 0 unspecified atom stereocenters. The zero-order chi connectivity index (χ0) is 11.5. The van der Waals surface area contributed by atoms with E-state index in [1.807, 2.05) is 0 Å². The van der Waals surface area contributed by atoms with Crippen LogP contribution in [0.15, 0.2) is 0 Å².